The number of hydrogen-bond acceptors (Lipinski definition) is 4. The van der Waals surface area contributed by atoms with E-state index in [0.29, 0.717) is 17.0 Å². The molecule has 1 aliphatic rings. The average Bonchev–Trinajstić information content (AvgIpc) is 2.64. The van der Waals surface area contributed by atoms with Gasteiger partial charge < -0.3 is 9.64 Å². The monoisotopic (exact) mass is 388 g/mol. The van der Waals surface area contributed by atoms with Gasteiger partial charge in [-0.2, -0.15) is 0 Å². The minimum absolute atomic E-state index is 0.273. The molecule has 5 nitrogen and oxygen atoms in total. The van der Waals surface area contributed by atoms with Gasteiger partial charge in [0.2, 0.25) is 0 Å². The molecule has 6 heteroatoms. The molecular weight excluding hydrogens is 360 g/mol. The van der Waals surface area contributed by atoms with Gasteiger partial charge in [-0.15, -0.1) is 0 Å². The Kier molecular flexibility index (Phi) is 5.65. The molecule has 0 radical (unpaired) electrons. The lowest BCUT2D eigenvalue weighted by molar-refractivity contribution is 0.411. The van der Waals surface area contributed by atoms with Gasteiger partial charge in [0.05, 0.1) is 12.0 Å². The third-order valence-corrected chi connectivity index (χ3v) is 6.77. The van der Waals surface area contributed by atoms with Crippen molar-refractivity contribution in [1.82, 2.24) is 0 Å². The van der Waals surface area contributed by atoms with Crippen molar-refractivity contribution in [2.24, 2.45) is 5.92 Å². The van der Waals surface area contributed by atoms with Gasteiger partial charge in [0.15, 0.2) is 0 Å². The number of nitrogens with one attached hydrogen (secondary N) is 1. The van der Waals surface area contributed by atoms with Gasteiger partial charge in [0.25, 0.3) is 10.0 Å². The molecule has 0 atom stereocenters. The molecule has 0 spiro atoms. The normalized spacial score (nSPS) is 15.6. The Morgan fingerprint density at radius 3 is 2.26 bits per heavy atom. The first-order chi connectivity index (χ1) is 12.8. The number of piperidine rings is 1. The molecule has 1 heterocycles. The third kappa shape index (κ3) is 4.38. The molecule has 27 heavy (non-hydrogen) atoms. The molecule has 0 aliphatic carbocycles. The van der Waals surface area contributed by atoms with Crippen LogP contribution in [0.4, 0.5) is 11.4 Å². The molecular formula is C21H28N2O3S. The summed E-state index contributed by atoms with van der Waals surface area (Å²) in [6, 6.07) is 11.0. The van der Waals surface area contributed by atoms with Crippen LogP contribution in [0.3, 0.4) is 0 Å². The second-order valence-corrected chi connectivity index (χ2v) is 9.06. The van der Waals surface area contributed by atoms with Crippen LogP contribution in [0.5, 0.6) is 5.75 Å². The molecule has 1 fully saturated rings. The van der Waals surface area contributed by atoms with Gasteiger partial charge in [-0.05, 0) is 80.1 Å². The van der Waals surface area contributed by atoms with Crippen molar-refractivity contribution in [2.75, 3.05) is 29.8 Å². The summed E-state index contributed by atoms with van der Waals surface area (Å²) in [5, 5.41) is 0. The maximum atomic E-state index is 12.8. The van der Waals surface area contributed by atoms with E-state index in [1.165, 1.54) is 12.8 Å². The maximum absolute atomic E-state index is 12.8. The second-order valence-electron chi connectivity index (χ2n) is 7.41. The topological polar surface area (TPSA) is 58.6 Å². The highest BCUT2D eigenvalue weighted by Gasteiger charge is 2.20. The van der Waals surface area contributed by atoms with Crippen LogP contribution in [-0.2, 0) is 10.0 Å². The number of aryl methyl sites for hydroxylation is 2. The zero-order valence-corrected chi connectivity index (χ0v) is 17.3. The predicted octanol–water partition coefficient (Wildman–Crippen LogP) is 4.35. The van der Waals surface area contributed by atoms with E-state index in [9.17, 15) is 8.42 Å². The van der Waals surface area contributed by atoms with Gasteiger partial charge in [0.1, 0.15) is 5.75 Å². The van der Waals surface area contributed by atoms with Crippen LogP contribution in [0.25, 0.3) is 0 Å². The Balaban J connectivity index is 1.77. The molecule has 3 rings (SSSR count). The fraction of sp³-hybridized carbons (Fsp3) is 0.429. The number of methoxy groups -OCH3 is 1. The van der Waals surface area contributed by atoms with Gasteiger partial charge in [0, 0.05) is 24.5 Å². The Bertz CT molecular complexity index is 900. The molecule has 0 unspecified atom stereocenters. The van der Waals surface area contributed by atoms with Crippen molar-refractivity contribution in [3.63, 3.8) is 0 Å². The van der Waals surface area contributed by atoms with Crippen LogP contribution in [-0.4, -0.2) is 28.6 Å². The van der Waals surface area contributed by atoms with Crippen molar-refractivity contribution in [3.05, 3.63) is 47.5 Å². The van der Waals surface area contributed by atoms with Gasteiger partial charge in [-0.25, -0.2) is 8.42 Å². The highest BCUT2D eigenvalue weighted by atomic mass is 32.2. The molecule has 146 valence electrons. The molecule has 2 aromatic rings. The number of hydrogen-bond donors (Lipinski definition) is 1. The number of benzene rings is 2. The lowest BCUT2D eigenvalue weighted by Gasteiger charge is -2.32. The van der Waals surface area contributed by atoms with E-state index < -0.39 is 10.0 Å². The molecule has 0 aromatic heterocycles. The van der Waals surface area contributed by atoms with E-state index >= 15 is 0 Å². The van der Waals surface area contributed by atoms with Crippen LogP contribution < -0.4 is 14.4 Å². The van der Waals surface area contributed by atoms with Crippen molar-refractivity contribution < 1.29 is 13.2 Å². The minimum atomic E-state index is -3.66. The number of anilines is 2. The average molecular weight is 389 g/mol. The van der Waals surface area contributed by atoms with Gasteiger partial charge >= 0.3 is 0 Å². The predicted molar refractivity (Wildman–Crippen MR) is 110 cm³/mol. The van der Waals surface area contributed by atoms with Crippen molar-refractivity contribution in [1.29, 1.82) is 0 Å². The van der Waals surface area contributed by atoms with E-state index in [0.717, 1.165) is 30.3 Å². The van der Waals surface area contributed by atoms with E-state index in [1.807, 2.05) is 31.2 Å². The number of ether oxygens (including phenoxy) is 1. The zero-order valence-electron chi connectivity index (χ0n) is 16.5. The zero-order chi connectivity index (χ0) is 19.6. The first-order valence-electron chi connectivity index (χ1n) is 9.33. The summed E-state index contributed by atoms with van der Waals surface area (Å²) in [6.45, 7) is 8.01. The van der Waals surface area contributed by atoms with Crippen LogP contribution in [0.15, 0.2) is 41.3 Å². The van der Waals surface area contributed by atoms with Crippen LogP contribution >= 0.6 is 0 Å². The lowest BCUT2D eigenvalue weighted by Crippen LogP contribution is -2.32. The molecule has 1 N–H and O–H groups in total. The minimum Gasteiger partial charge on any atom is -0.496 e. The smallest absolute Gasteiger partial charge is 0.262 e. The van der Waals surface area contributed by atoms with E-state index in [1.54, 1.807) is 26.2 Å². The number of sulfonamides is 1. The Morgan fingerprint density at radius 2 is 1.67 bits per heavy atom. The number of rotatable bonds is 5. The first kappa shape index (κ1) is 19.5. The third-order valence-electron chi connectivity index (χ3n) is 5.25. The molecule has 0 saturated carbocycles. The first-order valence-corrected chi connectivity index (χ1v) is 10.8. The summed E-state index contributed by atoms with van der Waals surface area (Å²) in [4.78, 5) is 2.63. The summed E-state index contributed by atoms with van der Waals surface area (Å²) >= 11 is 0. The highest BCUT2D eigenvalue weighted by molar-refractivity contribution is 7.92. The molecule has 0 bridgehead atoms. The largest absolute Gasteiger partial charge is 0.496 e. The summed E-state index contributed by atoms with van der Waals surface area (Å²) in [6.07, 6.45) is 2.40. The quantitative estimate of drug-likeness (QED) is 0.827. The molecule has 2 aromatic carbocycles. The Morgan fingerprint density at radius 1 is 1.04 bits per heavy atom. The highest BCUT2D eigenvalue weighted by Crippen LogP contribution is 2.28. The van der Waals surface area contributed by atoms with Crippen LogP contribution in [0.1, 0.15) is 30.9 Å². The fourth-order valence-corrected chi connectivity index (χ4v) is 4.86. The Labute approximate surface area is 162 Å². The standard InChI is InChI=1S/C21H28N2O3S/c1-15-9-11-23(12-10-15)19-7-5-18(6-8-19)22-27(24,25)21-14-16(2)20(26-4)13-17(21)3/h5-8,13-15,22H,9-12H2,1-4H3. The van der Waals surface area contributed by atoms with Crippen LogP contribution in [0.2, 0.25) is 0 Å². The second kappa shape index (κ2) is 7.80. The summed E-state index contributed by atoms with van der Waals surface area (Å²) < 4.78 is 33.6. The van der Waals surface area contributed by atoms with Crippen molar-refractivity contribution in [2.45, 2.75) is 38.5 Å². The van der Waals surface area contributed by atoms with E-state index in [4.69, 9.17) is 4.74 Å². The summed E-state index contributed by atoms with van der Waals surface area (Å²) in [5.74, 6) is 1.47. The Hall–Kier alpha value is -2.21. The summed E-state index contributed by atoms with van der Waals surface area (Å²) in [5.41, 5.74) is 3.15. The molecule has 1 aliphatic heterocycles. The maximum Gasteiger partial charge on any atom is 0.262 e. The van der Waals surface area contributed by atoms with Gasteiger partial charge in [-0.1, -0.05) is 6.92 Å². The molecule has 1 saturated heterocycles. The SMILES string of the molecule is COc1cc(C)c(S(=O)(=O)Nc2ccc(N3CCC(C)CC3)cc2)cc1C. The van der Waals surface area contributed by atoms with Crippen molar-refractivity contribution >= 4 is 21.4 Å². The van der Waals surface area contributed by atoms with Crippen LogP contribution in [0, 0.1) is 19.8 Å². The van der Waals surface area contributed by atoms with E-state index in [2.05, 4.69) is 16.5 Å². The van der Waals surface area contributed by atoms with E-state index in [-0.39, 0.29) is 4.90 Å². The number of nitrogens with zero attached hydrogens (tertiary/aromatic N) is 1. The summed E-state index contributed by atoms with van der Waals surface area (Å²) in [7, 11) is -2.07. The van der Waals surface area contributed by atoms with Gasteiger partial charge in [-0.3, -0.25) is 4.72 Å². The fourth-order valence-electron chi connectivity index (χ4n) is 3.49. The van der Waals surface area contributed by atoms with Crippen molar-refractivity contribution in [3.8, 4) is 5.75 Å². The molecule has 0 amide bonds. The lowest BCUT2D eigenvalue weighted by atomic mass is 9.99.